The van der Waals surface area contributed by atoms with Crippen LogP contribution in [0.1, 0.15) is 48.9 Å². The SMILES string of the molecule is CCC(NC(=O)CCCN1c2cccc3cccc(c23)S1(=O)=O)c1ccc(C)cc1C. The number of sulfonamides is 1. The van der Waals surface area contributed by atoms with Crippen LogP contribution in [0.3, 0.4) is 0 Å². The van der Waals surface area contributed by atoms with Crippen molar-refractivity contribution in [2.75, 3.05) is 10.8 Å². The molecule has 162 valence electrons. The highest BCUT2D eigenvalue weighted by Gasteiger charge is 2.35. The highest BCUT2D eigenvalue weighted by atomic mass is 32.2. The Labute approximate surface area is 184 Å². The predicted molar refractivity (Wildman–Crippen MR) is 125 cm³/mol. The molecule has 0 radical (unpaired) electrons. The third-order valence-corrected chi connectivity index (χ3v) is 7.85. The maximum atomic E-state index is 13.0. The van der Waals surface area contributed by atoms with Crippen molar-refractivity contribution in [3.8, 4) is 0 Å². The molecule has 1 unspecified atom stereocenters. The van der Waals surface area contributed by atoms with E-state index >= 15 is 0 Å². The van der Waals surface area contributed by atoms with Gasteiger partial charge in [-0.05, 0) is 55.3 Å². The fourth-order valence-electron chi connectivity index (χ4n) is 4.47. The van der Waals surface area contributed by atoms with Gasteiger partial charge in [0.2, 0.25) is 5.91 Å². The number of anilines is 1. The van der Waals surface area contributed by atoms with Crippen LogP contribution in [0.2, 0.25) is 0 Å². The van der Waals surface area contributed by atoms with Gasteiger partial charge in [-0.1, -0.05) is 55.0 Å². The normalized spacial score (nSPS) is 15.3. The summed E-state index contributed by atoms with van der Waals surface area (Å²) in [5.41, 5.74) is 4.20. The van der Waals surface area contributed by atoms with E-state index in [9.17, 15) is 13.2 Å². The molecule has 5 nitrogen and oxygen atoms in total. The Hall–Kier alpha value is -2.86. The first-order valence-electron chi connectivity index (χ1n) is 10.7. The first-order valence-corrected chi connectivity index (χ1v) is 12.2. The Morgan fingerprint density at radius 2 is 1.81 bits per heavy atom. The molecule has 1 atom stereocenters. The lowest BCUT2D eigenvalue weighted by Crippen LogP contribution is -2.31. The van der Waals surface area contributed by atoms with Gasteiger partial charge in [0, 0.05) is 18.4 Å². The Morgan fingerprint density at radius 1 is 1.06 bits per heavy atom. The van der Waals surface area contributed by atoms with Crippen LogP contribution in [-0.4, -0.2) is 20.9 Å². The molecule has 3 aromatic rings. The minimum atomic E-state index is -3.58. The van der Waals surface area contributed by atoms with Crippen LogP contribution in [0, 0.1) is 13.8 Å². The number of rotatable bonds is 7. The standard InChI is InChI=1S/C25H28N2O3S/c1-4-21(20-14-13-17(2)16-18(20)3)26-24(28)12-7-15-27-22-10-5-8-19-9-6-11-23(25(19)22)31(27,29)30/h5-6,8-11,13-14,16,21H,4,7,12,15H2,1-3H3,(H,26,28). The lowest BCUT2D eigenvalue weighted by Gasteiger charge is -2.21. The highest BCUT2D eigenvalue weighted by Crippen LogP contribution is 2.41. The molecule has 0 spiro atoms. The van der Waals surface area contributed by atoms with Crippen LogP contribution >= 0.6 is 0 Å². The van der Waals surface area contributed by atoms with Gasteiger partial charge in [0.05, 0.1) is 16.6 Å². The molecule has 1 N–H and O–H groups in total. The molecule has 1 amide bonds. The molecule has 0 saturated carbocycles. The number of benzene rings is 3. The Balaban J connectivity index is 1.43. The van der Waals surface area contributed by atoms with E-state index in [1.165, 1.54) is 15.4 Å². The molecule has 0 bridgehead atoms. The molecule has 0 aliphatic carbocycles. The molecule has 0 aromatic heterocycles. The summed E-state index contributed by atoms with van der Waals surface area (Å²) >= 11 is 0. The summed E-state index contributed by atoms with van der Waals surface area (Å²) in [6.07, 6.45) is 1.53. The fourth-order valence-corrected chi connectivity index (χ4v) is 6.21. The van der Waals surface area contributed by atoms with Crippen molar-refractivity contribution >= 4 is 32.4 Å². The third kappa shape index (κ3) is 3.92. The first kappa shape index (κ1) is 21.4. The second kappa shape index (κ2) is 8.35. The number of carbonyl (C=O) groups excluding carboxylic acids is 1. The van der Waals surface area contributed by atoms with E-state index in [0.717, 1.165) is 22.8 Å². The molecule has 0 saturated heterocycles. The first-order chi connectivity index (χ1) is 14.8. The lowest BCUT2D eigenvalue weighted by atomic mass is 9.97. The second-order valence-electron chi connectivity index (χ2n) is 8.20. The van der Waals surface area contributed by atoms with Gasteiger partial charge in [-0.3, -0.25) is 9.10 Å². The lowest BCUT2D eigenvalue weighted by molar-refractivity contribution is -0.121. The number of aryl methyl sites for hydroxylation is 2. The summed E-state index contributed by atoms with van der Waals surface area (Å²) < 4.78 is 27.5. The van der Waals surface area contributed by atoms with Gasteiger partial charge in [-0.15, -0.1) is 0 Å². The number of nitrogens with zero attached hydrogens (tertiary/aromatic N) is 1. The van der Waals surface area contributed by atoms with Crippen LogP contribution in [0.4, 0.5) is 5.69 Å². The molecule has 1 aliphatic heterocycles. The van der Waals surface area contributed by atoms with E-state index in [1.54, 1.807) is 12.1 Å². The van der Waals surface area contributed by atoms with Crippen LogP contribution in [0.15, 0.2) is 59.5 Å². The second-order valence-corrected chi connectivity index (χ2v) is 10.0. The van der Waals surface area contributed by atoms with Gasteiger partial charge >= 0.3 is 0 Å². The van der Waals surface area contributed by atoms with Crippen molar-refractivity contribution in [2.45, 2.75) is 51.0 Å². The summed E-state index contributed by atoms with van der Waals surface area (Å²) in [5.74, 6) is -0.0563. The van der Waals surface area contributed by atoms with Crippen LogP contribution in [0.5, 0.6) is 0 Å². The zero-order valence-electron chi connectivity index (χ0n) is 18.2. The molecule has 6 heteroatoms. The number of amides is 1. The smallest absolute Gasteiger partial charge is 0.265 e. The van der Waals surface area contributed by atoms with Gasteiger partial charge in [-0.25, -0.2) is 8.42 Å². The number of hydrogen-bond acceptors (Lipinski definition) is 3. The van der Waals surface area contributed by atoms with E-state index in [2.05, 4.69) is 44.3 Å². The molecule has 1 heterocycles. The summed E-state index contributed by atoms with van der Waals surface area (Å²) in [5, 5.41) is 4.81. The monoisotopic (exact) mass is 436 g/mol. The maximum absolute atomic E-state index is 13.0. The van der Waals surface area contributed by atoms with Crippen LogP contribution < -0.4 is 9.62 Å². The minimum Gasteiger partial charge on any atom is -0.349 e. The van der Waals surface area contributed by atoms with Gasteiger partial charge in [0.1, 0.15) is 0 Å². The fraction of sp³-hybridized carbons (Fsp3) is 0.320. The molecule has 3 aromatic carbocycles. The zero-order chi connectivity index (χ0) is 22.2. The van der Waals surface area contributed by atoms with E-state index in [4.69, 9.17) is 0 Å². The topological polar surface area (TPSA) is 66.5 Å². The Morgan fingerprint density at radius 3 is 2.52 bits per heavy atom. The van der Waals surface area contributed by atoms with Crippen molar-refractivity contribution < 1.29 is 13.2 Å². The Kier molecular flexibility index (Phi) is 5.75. The average molecular weight is 437 g/mol. The van der Waals surface area contributed by atoms with E-state index in [0.29, 0.717) is 17.0 Å². The molecular weight excluding hydrogens is 408 g/mol. The maximum Gasteiger partial charge on any atom is 0.265 e. The number of carbonyl (C=O) groups is 1. The Bertz CT molecular complexity index is 1250. The van der Waals surface area contributed by atoms with Crippen molar-refractivity contribution in [3.63, 3.8) is 0 Å². The van der Waals surface area contributed by atoms with Gasteiger partial charge in [-0.2, -0.15) is 0 Å². The highest BCUT2D eigenvalue weighted by molar-refractivity contribution is 7.93. The largest absolute Gasteiger partial charge is 0.349 e. The van der Waals surface area contributed by atoms with Crippen LogP contribution in [0.25, 0.3) is 10.8 Å². The van der Waals surface area contributed by atoms with Gasteiger partial charge < -0.3 is 5.32 Å². The summed E-state index contributed by atoms with van der Waals surface area (Å²) in [4.78, 5) is 13.0. The minimum absolute atomic E-state index is 0.0402. The van der Waals surface area contributed by atoms with E-state index in [-0.39, 0.29) is 24.9 Å². The van der Waals surface area contributed by atoms with Gasteiger partial charge in [0.15, 0.2) is 0 Å². The van der Waals surface area contributed by atoms with Crippen molar-refractivity contribution in [2.24, 2.45) is 0 Å². The molecular formula is C25H28N2O3S. The van der Waals surface area contributed by atoms with E-state index < -0.39 is 10.0 Å². The van der Waals surface area contributed by atoms with Crippen molar-refractivity contribution in [1.82, 2.24) is 5.32 Å². The molecule has 4 rings (SSSR count). The third-order valence-electron chi connectivity index (χ3n) is 5.99. The molecule has 31 heavy (non-hydrogen) atoms. The number of nitrogens with one attached hydrogen (secondary N) is 1. The van der Waals surface area contributed by atoms with Crippen molar-refractivity contribution in [1.29, 1.82) is 0 Å². The quantitative estimate of drug-likeness (QED) is 0.566. The molecule has 0 fully saturated rings. The summed E-state index contributed by atoms with van der Waals surface area (Å²) in [7, 11) is -3.58. The predicted octanol–water partition coefficient (Wildman–Crippen LogP) is 5.01. The average Bonchev–Trinajstić information content (AvgIpc) is 2.96. The zero-order valence-corrected chi connectivity index (χ0v) is 19.0. The van der Waals surface area contributed by atoms with Crippen molar-refractivity contribution in [3.05, 3.63) is 71.3 Å². The number of hydrogen-bond donors (Lipinski definition) is 1. The summed E-state index contributed by atoms with van der Waals surface area (Å²) in [6, 6.07) is 17.2. The summed E-state index contributed by atoms with van der Waals surface area (Å²) in [6.45, 7) is 6.46. The molecule has 1 aliphatic rings. The van der Waals surface area contributed by atoms with E-state index in [1.807, 2.05) is 24.3 Å². The van der Waals surface area contributed by atoms with Gasteiger partial charge in [0.25, 0.3) is 10.0 Å². The van der Waals surface area contributed by atoms with Crippen LogP contribution in [-0.2, 0) is 14.8 Å².